The first-order chi connectivity index (χ1) is 15.9. The van der Waals surface area contributed by atoms with E-state index in [9.17, 15) is 18.4 Å². The summed E-state index contributed by atoms with van der Waals surface area (Å²) in [5.41, 5.74) is 1.06. The molecule has 10 heteroatoms. The maximum atomic E-state index is 14.4. The van der Waals surface area contributed by atoms with Crippen LogP contribution in [0.4, 0.5) is 19.3 Å². The summed E-state index contributed by atoms with van der Waals surface area (Å²) < 4.78 is 39.8. The van der Waals surface area contributed by atoms with E-state index in [2.05, 4.69) is 10.4 Å². The second kappa shape index (κ2) is 11.2. The van der Waals surface area contributed by atoms with Gasteiger partial charge in [0.15, 0.2) is 17.4 Å². The van der Waals surface area contributed by atoms with Crippen LogP contribution in [-0.4, -0.2) is 40.8 Å². The molecule has 33 heavy (non-hydrogen) atoms. The number of hydrogen-bond acceptors (Lipinski definition) is 6. The molecule has 2 N–H and O–H groups in total. The molecule has 0 aliphatic carbocycles. The number of amides is 1. The molecule has 0 aliphatic rings. The van der Waals surface area contributed by atoms with Gasteiger partial charge in [-0.25, -0.2) is 18.3 Å². The Balaban J connectivity index is 1.83. The lowest BCUT2D eigenvalue weighted by Gasteiger charge is -2.11. The quantitative estimate of drug-likeness (QED) is 0.475. The van der Waals surface area contributed by atoms with Crippen LogP contribution in [0.1, 0.15) is 18.9 Å². The highest BCUT2D eigenvalue weighted by atomic mass is 19.1. The highest BCUT2D eigenvalue weighted by Gasteiger charge is 2.15. The Bertz CT molecular complexity index is 1160. The molecule has 0 atom stereocenters. The normalized spacial score (nSPS) is 10.7. The number of rotatable bonds is 9. The van der Waals surface area contributed by atoms with Crippen molar-refractivity contribution in [3.05, 3.63) is 76.1 Å². The predicted molar refractivity (Wildman–Crippen MR) is 117 cm³/mol. The van der Waals surface area contributed by atoms with Crippen molar-refractivity contribution < 1.29 is 28.2 Å². The van der Waals surface area contributed by atoms with Gasteiger partial charge >= 0.3 is 6.09 Å². The van der Waals surface area contributed by atoms with Crippen molar-refractivity contribution in [3.8, 4) is 17.0 Å². The van der Waals surface area contributed by atoms with E-state index in [1.54, 1.807) is 31.2 Å². The average Bonchev–Trinajstić information content (AvgIpc) is 2.77. The molecule has 1 amide bonds. The first-order valence-corrected chi connectivity index (χ1v) is 10.2. The van der Waals surface area contributed by atoms with Crippen LogP contribution in [0.5, 0.6) is 5.75 Å². The summed E-state index contributed by atoms with van der Waals surface area (Å²) in [5.74, 6) is -2.37. The van der Waals surface area contributed by atoms with Crippen molar-refractivity contribution in [1.29, 1.82) is 0 Å². The van der Waals surface area contributed by atoms with E-state index in [0.717, 1.165) is 16.8 Å². The summed E-state index contributed by atoms with van der Waals surface area (Å²) in [6.45, 7) is 1.80. The van der Waals surface area contributed by atoms with E-state index in [1.807, 2.05) is 0 Å². The zero-order chi connectivity index (χ0) is 23.8. The van der Waals surface area contributed by atoms with Gasteiger partial charge in [-0.2, -0.15) is 5.10 Å². The van der Waals surface area contributed by atoms with Crippen molar-refractivity contribution in [3.63, 3.8) is 0 Å². The first-order valence-electron chi connectivity index (χ1n) is 10.2. The molecule has 2 aromatic carbocycles. The number of carbonyl (C=O) groups excluding carboxylic acids is 1. The largest absolute Gasteiger partial charge is 0.488 e. The van der Waals surface area contributed by atoms with Crippen LogP contribution in [0.2, 0.25) is 0 Å². The number of carbonyl (C=O) groups is 1. The molecule has 0 spiro atoms. The van der Waals surface area contributed by atoms with Gasteiger partial charge in [0.25, 0.3) is 5.56 Å². The average molecular weight is 459 g/mol. The van der Waals surface area contributed by atoms with Crippen LogP contribution >= 0.6 is 0 Å². The molecule has 0 saturated carbocycles. The van der Waals surface area contributed by atoms with Crippen LogP contribution < -0.4 is 15.6 Å². The Morgan fingerprint density at radius 3 is 2.61 bits per heavy atom. The smallest absolute Gasteiger partial charge is 0.411 e. The molecule has 0 radical (unpaired) electrons. The SMILES string of the molecule is CCOC(=O)Nc1cccc(Cn2nc(-c3cc(F)c(OCCCO)c(F)c3)ccc2=O)c1. The van der Waals surface area contributed by atoms with Crippen LogP contribution in [0.25, 0.3) is 11.3 Å². The van der Waals surface area contributed by atoms with E-state index >= 15 is 0 Å². The van der Waals surface area contributed by atoms with Crippen molar-refractivity contribution >= 4 is 11.8 Å². The maximum absolute atomic E-state index is 14.4. The highest BCUT2D eigenvalue weighted by Crippen LogP contribution is 2.28. The van der Waals surface area contributed by atoms with E-state index in [1.165, 1.54) is 12.1 Å². The van der Waals surface area contributed by atoms with Gasteiger partial charge in [-0.05, 0) is 42.8 Å². The number of aromatic nitrogens is 2. The predicted octanol–water partition coefficient (Wildman–Crippen LogP) is 3.57. The Hall–Kier alpha value is -3.79. The lowest BCUT2D eigenvalue weighted by Crippen LogP contribution is -2.23. The third-order valence-electron chi connectivity index (χ3n) is 4.49. The number of ether oxygens (including phenoxy) is 2. The molecule has 1 aromatic heterocycles. The lowest BCUT2D eigenvalue weighted by molar-refractivity contribution is 0.168. The fourth-order valence-corrected chi connectivity index (χ4v) is 3.01. The fourth-order valence-electron chi connectivity index (χ4n) is 3.01. The molecule has 0 fully saturated rings. The van der Waals surface area contributed by atoms with Gasteiger partial charge in [-0.1, -0.05) is 12.1 Å². The summed E-state index contributed by atoms with van der Waals surface area (Å²) in [6.07, 6.45) is -0.358. The number of hydrogen-bond donors (Lipinski definition) is 2. The molecular formula is C23H23F2N3O5. The number of nitrogens with zero attached hydrogens (tertiary/aromatic N) is 2. The molecule has 0 bridgehead atoms. The van der Waals surface area contributed by atoms with Gasteiger partial charge in [-0.3, -0.25) is 10.1 Å². The van der Waals surface area contributed by atoms with Crippen molar-refractivity contribution in [2.75, 3.05) is 25.1 Å². The summed E-state index contributed by atoms with van der Waals surface area (Å²) in [4.78, 5) is 23.9. The van der Waals surface area contributed by atoms with Gasteiger partial charge in [0, 0.05) is 30.3 Å². The van der Waals surface area contributed by atoms with Crippen LogP contribution in [-0.2, 0) is 11.3 Å². The number of anilines is 1. The standard InChI is InChI=1S/C23H23F2N3O5/c1-2-32-23(31)26-17-6-3-5-15(11-17)14-28-21(30)8-7-20(27-28)16-12-18(24)22(19(25)13-16)33-10-4-9-29/h3,5-8,11-13,29H,2,4,9-10,14H2,1H3,(H,26,31). The van der Waals surface area contributed by atoms with Crippen LogP contribution in [0, 0.1) is 11.6 Å². The molecule has 3 rings (SSSR count). The van der Waals surface area contributed by atoms with Gasteiger partial charge < -0.3 is 14.6 Å². The second-order valence-corrected chi connectivity index (χ2v) is 6.95. The fraction of sp³-hybridized carbons (Fsp3) is 0.261. The molecule has 0 unspecified atom stereocenters. The number of benzene rings is 2. The topological polar surface area (TPSA) is 103 Å². The molecule has 3 aromatic rings. The number of halogens is 2. The van der Waals surface area contributed by atoms with E-state index in [0.29, 0.717) is 11.3 Å². The number of aliphatic hydroxyl groups is 1. The van der Waals surface area contributed by atoms with Gasteiger partial charge in [-0.15, -0.1) is 0 Å². The molecule has 1 heterocycles. The van der Waals surface area contributed by atoms with Gasteiger partial charge in [0.05, 0.1) is 25.5 Å². The molecular weight excluding hydrogens is 436 g/mol. The minimum atomic E-state index is -0.916. The highest BCUT2D eigenvalue weighted by molar-refractivity contribution is 5.84. The Labute approximate surface area is 188 Å². The minimum Gasteiger partial charge on any atom is -0.488 e. The number of aliphatic hydroxyl groups excluding tert-OH is 1. The summed E-state index contributed by atoms with van der Waals surface area (Å²) in [5, 5.41) is 15.6. The van der Waals surface area contributed by atoms with Crippen LogP contribution in [0.3, 0.4) is 0 Å². The summed E-state index contributed by atoms with van der Waals surface area (Å²) >= 11 is 0. The molecule has 174 valence electrons. The zero-order valence-corrected chi connectivity index (χ0v) is 17.9. The van der Waals surface area contributed by atoms with Crippen molar-refractivity contribution in [1.82, 2.24) is 9.78 Å². The maximum Gasteiger partial charge on any atom is 0.411 e. The Morgan fingerprint density at radius 2 is 1.91 bits per heavy atom. The van der Waals surface area contributed by atoms with Crippen molar-refractivity contribution in [2.45, 2.75) is 19.9 Å². The summed E-state index contributed by atoms with van der Waals surface area (Å²) in [7, 11) is 0. The van der Waals surface area contributed by atoms with Crippen LogP contribution in [0.15, 0.2) is 53.3 Å². The first kappa shape index (κ1) is 23.9. The molecule has 0 aliphatic heterocycles. The van der Waals surface area contributed by atoms with E-state index in [-0.39, 0.29) is 44.0 Å². The van der Waals surface area contributed by atoms with Gasteiger partial charge in [0.1, 0.15) is 0 Å². The second-order valence-electron chi connectivity index (χ2n) is 6.95. The Morgan fingerprint density at radius 1 is 1.15 bits per heavy atom. The lowest BCUT2D eigenvalue weighted by atomic mass is 10.1. The monoisotopic (exact) mass is 459 g/mol. The third-order valence-corrected chi connectivity index (χ3v) is 4.49. The number of nitrogens with one attached hydrogen (secondary N) is 1. The third kappa shape index (κ3) is 6.36. The minimum absolute atomic E-state index is 0.0309. The Kier molecular flexibility index (Phi) is 8.09. The zero-order valence-electron chi connectivity index (χ0n) is 17.9. The van der Waals surface area contributed by atoms with E-state index < -0.39 is 29.0 Å². The molecule has 8 nitrogen and oxygen atoms in total. The van der Waals surface area contributed by atoms with E-state index in [4.69, 9.17) is 14.6 Å². The molecule has 0 saturated heterocycles. The van der Waals surface area contributed by atoms with Crippen molar-refractivity contribution in [2.24, 2.45) is 0 Å². The summed E-state index contributed by atoms with van der Waals surface area (Å²) in [6, 6.07) is 11.5. The van der Waals surface area contributed by atoms with Gasteiger partial charge in [0.2, 0.25) is 0 Å².